The summed E-state index contributed by atoms with van der Waals surface area (Å²) < 4.78 is 5.92. The second-order valence-corrected chi connectivity index (χ2v) is 6.16. The number of morpholine rings is 1. The minimum Gasteiger partial charge on any atom is -0.374 e. The first-order chi connectivity index (χ1) is 9.33. The molecule has 0 radical (unpaired) electrons. The van der Waals surface area contributed by atoms with Gasteiger partial charge in [-0.3, -0.25) is 16.2 Å². The predicted octanol–water partition coefficient (Wildman–Crippen LogP) is 1.90. The van der Waals surface area contributed by atoms with Crippen LogP contribution in [-0.2, 0) is 4.74 Å². The third-order valence-electron chi connectivity index (χ3n) is 4.90. The fourth-order valence-electron chi connectivity index (χ4n) is 3.53. The number of hydrogen-bond acceptors (Lipinski definition) is 4. The molecule has 4 nitrogen and oxygen atoms in total. The highest BCUT2D eigenvalue weighted by molar-refractivity contribution is 4.82. The Hall–Kier alpha value is -0.160. The van der Waals surface area contributed by atoms with Crippen LogP contribution in [0.5, 0.6) is 0 Å². The molecule has 1 heterocycles. The molecule has 19 heavy (non-hydrogen) atoms. The van der Waals surface area contributed by atoms with Crippen LogP contribution < -0.4 is 11.3 Å². The Morgan fingerprint density at radius 1 is 1.32 bits per heavy atom. The molecule has 2 atom stereocenters. The summed E-state index contributed by atoms with van der Waals surface area (Å²) in [5.74, 6) is 6.68. The van der Waals surface area contributed by atoms with Crippen LogP contribution in [0, 0.1) is 5.92 Å². The quantitative estimate of drug-likeness (QED) is 0.571. The van der Waals surface area contributed by atoms with Gasteiger partial charge in [-0.1, -0.05) is 39.0 Å². The molecule has 0 amide bonds. The van der Waals surface area contributed by atoms with E-state index in [2.05, 4.69) is 17.2 Å². The van der Waals surface area contributed by atoms with Crippen molar-refractivity contribution in [1.82, 2.24) is 10.3 Å². The molecule has 0 aromatic carbocycles. The Labute approximate surface area is 118 Å². The topological polar surface area (TPSA) is 50.5 Å². The number of nitrogens with two attached hydrogens (primary N) is 1. The van der Waals surface area contributed by atoms with Crippen LogP contribution in [0.25, 0.3) is 0 Å². The number of rotatable bonds is 6. The SMILES string of the molecule is CCN1CCOC(C(CCC2CCCCC2)NN)C1. The van der Waals surface area contributed by atoms with E-state index < -0.39 is 0 Å². The molecule has 0 spiro atoms. The number of nitrogens with zero attached hydrogens (tertiary/aromatic N) is 1. The van der Waals surface area contributed by atoms with Gasteiger partial charge in [0, 0.05) is 19.1 Å². The van der Waals surface area contributed by atoms with Crippen molar-refractivity contribution in [3.8, 4) is 0 Å². The largest absolute Gasteiger partial charge is 0.374 e. The highest BCUT2D eigenvalue weighted by Crippen LogP contribution is 2.28. The van der Waals surface area contributed by atoms with Crippen molar-refractivity contribution in [3.05, 3.63) is 0 Å². The van der Waals surface area contributed by atoms with E-state index in [9.17, 15) is 0 Å². The van der Waals surface area contributed by atoms with Gasteiger partial charge in [0.25, 0.3) is 0 Å². The highest BCUT2D eigenvalue weighted by atomic mass is 16.5. The van der Waals surface area contributed by atoms with Crippen LogP contribution in [0.2, 0.25) is 0 Å². The molecule has 2 rings (SSSR count). The van der Waals surface area contributed by atoms with E-state index in [0.717, 1.165) is 38.6 Å². The van der Waals surface area contributed by atoms with Crippen molar-refractivity contribution in [1.29, 1.82) is 0 Å². The smallest absolute Gasteiger partial charge is 0.0868 e. The van der Waals surface area contributed by atoms with Crippen molar-refractivity contribution in [2.45, 2.75) is 64.0 Å². The lowest BCUT2D eigenvalue weighted by molar-refractivity contribution is -0.0471. The predicted molar refractivity (Wildman–Crippen MR) is 78.8 cm³/mol. The Kier molecular flexibility index (Phi) is 6.57. The van der Waals surface area contributed by atoms with E-state index >= 15 is 0 Å². The zero-order chi connectivity index (χ0) is 13.5. The van der Waals surface area contributed by atoms with Crippen LogP contribution >= 0.6 is 0 Å². The molecular weight excluding hydrogens is 238 g/mol. The van der Waals surface area contributed by atoms with Gasteiger partial charge in [0.05, 0.1) is 12.7 Å². The summed E-state index contributed by atoms with van der Waals surface area (Å²) >= 11 is 0. The third kappa shape index (κ3) is 4.71. The van der Waals surface area contributed by atoms with Crippen LogP contribution in [0.4, 0.5) is 0 Å². The summed E-state index contributed by atoms with van der Waals surface area (Å²) in [6.07, 6.45) is 9.86. The first kappa shape index (κ1) is 15.2. The second kappa shape index (κ2) is 8.20. The van der Waals surface area contributed by atoms with Gasteiger partial charge in [0.2, 0.25) is 0 Å². The molecule has 2 fully saturated rings. The first-order valence-corrected chi connectivity index (χ1v) is 8.13. The number of ether oxygens (including phenoxy) is 1. The molecule has 1 saturated carbocycles. The monoisotopic (exact) mass is 269 g/mol. The third-order valence-corrected chi connectivity index (χ3v) is 4.90. The molecule has 0 aromatic rings. The van der Waals surface area contributed by atoms with Gasteiger partial charge in [-0.25, -0.2) is 0 Å². The molecule has 0 aromatic heterocycles. The van der Waals surface area contributed by atoms with Crippen LogP contribution in [0.15, 0.2) is 0 Å². The minimum atomic E-state index is 0.266. The highest BCUT2D eigenvalue weighted by Gasteiger charge is 2.27. The number of likely N-dealkylation sites (N-methyl/N-ethyl adjacent to an activating group) is 1. The molecule has 2 aliphatic rings. The minimum absolute atomic E-state index is 0.266. The second-order valence-electron chi connectivity index (χ2n) is 6.16. The summed E-state index contributed by atoms with van der Waals surface area (Å²) in [6, 6.07) is 0.316. The Morgan fingerprint density at radius 2 is 2.11 bits per heavy atom. The maximum Gasteiger partial charge on any atom is 0.0868 e. The van der Waals surface area contributed by atoms with E-state index in [1.54, 1.807) is 0 Å². The van der Waals surface area contributed by atoms with Crippen molar-refractivity contribution in [2.24, 2.45) is 11.8 Å². The van der Waals surface area contributed by atoms with Crippen molar-refractivity contribution < 1.29 is 4.74 Å². The first-order valence-electron chi connectivity index (χ1n) is 8.13. The standard InChI is InChI=1S/C15H31N3O/c1-2-18-10-11-19-15(12-18)14(17-16)9-8-13-6-4-3-5-7-13/h13-15,17H,2-12,16H2,1H3. The number of hydrazine groups is 1. The molecule has 1 saturated heterocycles. The van der Waals surface area contributed by atoms with Crippen LogP contribution in [0.1, 0.15) is 51.9 Å². The number of hydrogen-bond donors (Lipinski definition) is 2. The van der Waals surface area contributed by atoms with Crippen LogP contribution in [0.3, 0.4) is 0 Å². The summed E-state index contributed by atoms with van der Waals surface area (Å²) in [5.41, 5.74) is 3.00. The van der Waals surface area contributed by atoms with E-state index in [4.69, 9.17) is 10.6 Å². The van der Waals surface area contributed by atoms with Crippen molar-refractivity contribution in [3.63, 3.8) is 0 Å². The summed E-state index contributed by atoms with van der Waals surface area (Å²) in [7, 11) is 0. The molecular formula is C15H31N3O. The van der Waals surface area contributed by atoms with Crippen LogP contribution in [-0.4, -0.2) is 43.3 Å². The van der Waals surface area contributed by atoms with Gasteiger partial charge in [-0.2, -0.15) is 0 Å². The molecule has 1 aliphatic carbocycles. The van der Waals surface area contributed by atoms with Gasteiger partial charge >= 0.3 is 0 Å². The van der Waals surface area contributed by atoms with Gasteiger partial charge in [0.15, 0.2) is 0 Å². The van der Waals surface area contributed by atoms with Crippen molar-refractivity contribution in [2.75, 3.05) is 26.2 Å². The van der Waals surface area contributed by atoms with Gasteiger partial charge in [-0.05, 0) is 25.3 Å². The molecule has 1 aliphatic heterocycles. The number of nitrogens with one attached hydrogen (secondary N) is 1. The lowest BCUT2D eigenvalue weighted by Crippen LogP contribution is -2.54. The Balaban J connectivity index is 1.75. The lowest BCUT2D eigenvalue weighted by Gasteiger charge is -2.36. The summed E-state index contributed by atoms with van der Waals surface area (Å²) in [5, 5.41) is 0. The zero-order valence-corrected chi connectivity index (χ0v) is 12.4. The van der Waals surface area contributed by atoms with E-state index in [-0.39, 0.29) is 6.10 Å². The summed E-state index contributed by atoms with van der Waals surface area (Å²) in [6.45, 7) is 6.26. The van der Waals surface area contributed by atoms with E-state index in [0.29, 0.717) is 6.04 Å². The average Bonchev–Trinajstić information content (AvgIpc) is 2.49. The average molecular weight is 269 g/mol. The Morgan fingerprint density at radius 3 is 2.79 bits per heavy atom. The van der Waals surface area contributed by atoms with Gasteiger partial charge in [-0.15, -0.1) is 0 Å². The zero-order valence-electron chi connectivity index (χ0n) is 12.4. The molecule has 2 unspecified atom stereocenters. The molecule has 4 heteroatoms. The van der Waals surface area contributed by atoms with Crippen molar-refractivity contribution >= 4 is 0 Å². The van der Waals surface area contributed by atoms with E-state index in [1.165, 1.54) is 38.5 Å². The Bertz CT molecular complexity index is 244. The fourth-order valence-corrected chi connectivity index (χ4v) is 3.53. The molecule has 112 valence electrons. The van der Waals surface area contributed by atoms with Gasteiger partial charge < -0.3 is 4.74 Å². The summed E-state index contributed by atoms with van der Waals surface area (Å²) in [4.78, 5) is 2.46. The normalized spacial score (nSPS) is 28.4. The maximum atomic E-state index is 5.92. The van der Waals surface area contributed by atoms with Gasteiger partial charge in [0.1, 0.15) is 0 Å². The van der Waals surface area contributed by atoms with E-state index in [1.807, 2.05) is 0 Å². The molecule has 0 bridgehead atoms. The molecule has 3 N–H and O–H groups in total. The lowest BCUT2D eigenvalue weighted by atomic mass is 9.84. The fraction of sp³-hybridized carbons (Fsp3) is 1.00. The maximum absolute atomic E-state index is 5.92.